The van der Waals surface area contributed by atoms with Gasteiger partial charge in [0.25, 0.3) is 0 Å². The molecule has 7 heteroatoms. The predicted molar refractivity (Wildman–Crippen MR) is 97.6 cm³/mol. The van der Waals surface area contributed by atoms with Crippen LogP contribution in [0.3, 0.4) is 0 Å². The zero-order valence-electron chi connectivity index (χ0n) is 14.6. The third-order valence-corrected chi connectivity index (χ3v) is 5.82. The van der Waals surface area contributed by atoms with Gasteiger partial charge in [-0.05, 0) is 51.1 Å². The van der Waals surface area contributed by atoms with Gasteiger partial charge in [-0.15, -0.1) is 11.3 Å². The van der Waals surface area contributed by atoms with Gasteiger partial charge in [0.1, 0.15) is 11.1 Å². The van der Waals surface area contributed by atoms with Crippen LogP contribution >= 0.6 is 11.3 Å². The molecular weight excluding hydrogens is 336 g/mol. The number of carbonyl (C=O) groups excluding carboxylic acids is 2. The van der Waals surface area contributed by atoms with Crippen molar-refractivity contribution in [1.82, 2.24) is 10.2 Å². The van der Waals surface area contributed by atoms with Gasteiger partial charge in [0.05, 0.1) is 12.1 Å². The summed E-state index contributed by atoms with van der Waals surface area (Å²) in [6, 6.07) is 2.62. The van der Waals surface area contributed by atoms with Gasteiger partial charge in [0.2, 0.25) is 11.8 Å². The van der Waals surface area contributed by atoms with Crippen LogP contribution in [0.1, 0.15) is 48.1 Å². The molecule has 2 N–H and O–H groups in total. The molecule has 1 aromatic heterocycles. The van der Waals surface area contributed by atoms with Crippen molar-refractivity contribution in [3.8, 4) is 6.07 Å². The van der Waals surface area contributed by atoms with E-state index in [1.54, 1.807) is 11.3 Å². The van der Waals surface area contributed by atoms with Crippen molar-refractivity contribution >= 4 is 28.2 Å². The van der Waals surface area contributed by atoms with Crippen LogP contribution in [0.25, 0.3) is 0 Å². The largest absolute Gasteiger partial charge is 0.352 e. The predicted octanol–water partition coefficient (Wildman–Crippen LogP) is 2.04. The number of fused-ring (bicyclic) bond motifs is 1. The Hall–Kier alpha value is -1.91. The molecule has 134 valence electrons. The number of nitrogens with one attached hydrogen (secondary N) is 2. The number of rotatable bonds is 7. The number of aryl methyl sites for hydroxylation is 1. The lowest BCUT2D eigenvalue weighted by molar-refractivity contribution is -0.123. The van der Waals surface area contributed by atoms with Crippen molar-refractivity contribution in [1.29, 1.82) is 5.26 Å². The second kappa shape index (κ2) is 7.98. The van der Waals surface area contributed by atoms with Crippen LogP contribution in [0.4, 0.5) is 5.00 Å². The minimum Gasteiger partial charge on any atom is -0.352 e. The lowest BCUT2D eigenvalue weighted by Gasteiger charge is -2.15. The molecule has 0 radical (unpaired) electrons. The fraction of sp³-hybridized carbons (Fsp3) is 0.611. The molecule has 1 fully saturated rings. The number of carbonyl (C=O) groups is 2. The summed E-state index contributed by atoms with van der Waals surface area (Å²) in [5.41, 5.74) is 1.77. The molecule has 0 atom stereocenters. The highest BCUT2D eigenvalue weighted by Gasteiger charge is 2.24. The molecule has 2 aliphatic carbocycles. The van der Waals surface area contributed by atoms with Crippen molar-refractivity contribution in [2.24, 2.45) is 0 Å². The van der Waals surface area contributed by atoms with E-state index >= 15 is 0 Å². The Kier molecular flexibility index (Phi) is 5.71. The van der Waals surface area contributed by atoms with Gasteiger partial charge < -0.3 is 10.6 Å². The average Bonchev–Trinajstić information content (AvgIpc) is 3.31. The number of nitriles is 1. The van der Waals surface area contributed by atoms with Gasteiger partial charge in [-0.1, -0.05) is 0 Å². The van der Waals surface area contributed by atoms with Gasteiger partial charge in [0, 0.05) is 23.9 Å². The molecule has 1 aromatic rings. The summed E-state index contributed by atoms with van der Waals surface area (Å²) < 4.78 is 0. The number of anilines is 1. The van der Waals surface area contributed by atoms with Crippen LogP contribution in [0.5, 0.6) is 0 Å². The maximum absolute atomic E-state index is 12.2. The second-order valence-corrected chi connectivity index (χ2v) is 8.01. The molecule has 2 aliphatic rings. The lowest BCUT2D eigenvalue weighted by Crippen LogP contribution is -2.37. The van der Waals surface area contributed by atoms with E-state index in [-0.39, 0.29) is 11.8 Å². The number of hydrogen-bond donors (Lipinski definition) is 2. The molecule has 0 bridgehead atoms. The minimum absolute atomic E-state index is 0.0168. The molecule has 25 heavy (non-hydrogen) atoms. The standard InChI is InChI=1S/C18H24N4O2S/c1-22(11-17(24)20-12-6-7-12)9-8-16(23)21-18-14(10-19)13-4-2-3-5-15(13)25-18/h12H,2-9,11H2,1H3,(H,20,24)(H,21,23). The quantitative estimate of drug-likeness (QED) is 0.779. The van der Waals surface area contributed by atoms with Gasteiger partial charge in [-0.3, -0.25) is 14.5 Å². The fourth-order valence-electron chi connectivity index (χ4n) is 3.08. The highest BCUT2D eigenvalue weighted by molar-refractivity contribution is 7.16. The smallest absolute Gasteiger partial charge is 0.234 e. The SMILES string of the molecule is CN(CCC(=O)Nc1sc2c(c1C#N)CCCC2)CC(=O)NC1CC1. The summed E-state index contributed by atoms with van der Waals surface area (Å²) in [4.78, 5) is 27.1. The summed E-state index contributed by atoms with van der Waals surface area (Å²) >= 11 is 1.54. The molecule has 2 amide bonds. The first-order chi connectivity index (χ1) is 12.1. The van der Waals surface area contributed by atoms with Gasteiger partial charge in [0.15, 0.2) is 0 Å². The van der Waals surface area contributed by atoms with Gasteiger partial charge in [-0.2, -0.15) is 5.26 Å². The van der Waals surface area contributed by atoms with Crippen LogP contribution in [-0.2, 0) is 22.4 Å². The van der Waals surface area contributed by atoms with Gasteiger partial charge >= 0.3 is 0 Å². The molecule has 1 saturated carbocycles. The summed E-state index contributed by atoms with van der Waals surface area (Å²) in [5.74, 6) is -0.0901. The molecule has 0 aliphatic heterocycles. The average molecular weight is 360 g/mol. The molecule has 0 aromatic carbocycles. The van der Waals surface area contributed by atoms with Crippen LogP contribution in [0, 0.1) is 11.3 Å². The van der Waals surface area contributed by atoms with E-state index < -0.39 is 0 Å². The number of likely N-dealkylation sites (N-methyl/N-ethyl adjacent to an activating group) is 1. The Balaban J connectivity index is 1.48. The highest BCUT2D eigenvalue weighted by atomic mass is 32.1. The van der Waals surface area contributed by atoms with E-state index in [9.17, 15) is 14.9 Å². The molecule has 0 unspecified atom stereocenters. The number of hydrogen-bond acceptors (Lipinski definition) is 5. The third kappa shape index (κ3) is 4.80. The van der Waals surface area contributed by atoms with Crippen LogP contribution in [-0.4, -0.2) is 42.9 Å². The van der Waals surface area contributed by atoms with Crippen molar-refractivity contribution in [3.63, 3.8) is 0 Å². The zero-order chi connectivity index (χ0) is 17.8. The first kappa shape index (κ1) is 17.9. The van der Waals surface area contributed by atoms with E-state index in [4.69, 9.17) is 0 Å². The lowest BCUT2D eigenvalue weighted by atomic mass is 9.96. The minimum atomic E-state index is -0.107. The van der Waals surface area contributed by atoms with Crippen LogP contribution in [0.2, 0.25) is 0 Å². The number of nitrogens with zero attached hydrogens (tertiary/aromatic N) is 2. The highest BCUT2D eigenvalue weighted by Crippen LogP contribution is 2.37. The monoisotopic (exact) mass is 360 g/mol. The Morgan fingerprint density at radius 2 is 2.04 bits per heavy atom. The molecule has 6 nitrogen and oxygen atoms in total. The van der Waals surface area contributed by atoms with E-state index in [0.29, 0.717) is 36.1 Å². The van der Waals surface area contributed by atoms with Crippen molar-refractivity contribution < 1.29 is 9.59 Å². The summed E-state index contributed by atoms with van der Waals surface area (Å²) in [6.07, 6.45) is 6.65. The Bertz CT molecular complexity index is 703. The molecule has 0 saturated heterocycles. The topological polar surface area (TPSA) is 85.2 Å². The third-order valence-electron chi connectivity index (χ3n) is 4.61. The second-order valence-electron chi connectivity index (χ2n) is 6.90. The Morgan fingerprint density at radius 1 is 1.28 bits per heavy atom. The van der Waals surface area contributed by atoms with Crippen LogP contribution in [0.15, 0.2) is 0 Å². The Labute approximate surface area is 152 Å². The molecule has 1 heterocycles. The first-order valence-electron chi connectivity index (χ1n) is 8.89. The number of amides is 2. The maximum atomic E-state index is 12.2. The zero-order valence-corrected chi connectivity index (χ0v) is 15.4. The van der Waals surface area contributed by atoms with Crippen LogP contribution < -0.4 is 10.6 Å². The van der Waals surface area contributed by atoms with E-state index in [2.05, 4.69) is 16.7 Å². The van der Waals surface area contributed by atoms with Gasteiger partial charge in [-0.25, -0.2) is 0 Å². The normalized spacial score (nSPS) is 16.2. The maximum Gasteiger partial charge on any atom is 0.234 e. The van der Waals surface area contributed by atoms with Crippen molar-refractivity contribution in [2.45, 2.75) is 51.0 Å². The van der Waals surface area contributed by atoms with Crippen molar-refractivity contribution in [3.05, 3.63) is 16.0 Å². The molecule has 3 rings (SSSR count). The van der Waals surface area contributed by atoms with E-state index in [0.717, 1.165) is 44.1 Å². The summed E-state index contributed by atoms with van der Waals surface area (Å²) in [6.45, 7) is 0.817. The first-order valence-corrected chi connectivity index (χ1v) is 9.71. The Morgan fingerprint density at radius 3 is 2.76 bits per heavy atom. The number of thiophene rings is 1. The van der Waals surface area contributed by atoms with E-state index in [1.807, 2.05) is 11.9 Å². The van der Waals surface area contributed by atoms with Crippen molar-refractivity contribution in [2.75, 3.05) is 25.5 Å². The molecule has 0 spiro atoms. The summed E-state index contributed by atoms with van der Waals surface area (Å²) in [7, 11) is 1.84. The van der Waals surface area contributed by atoms with E-state index in [1.165, 1.54) is 4.88 Å². The summed E-state index contributed by atoms with van der Waals surface area (Å²) in [5, 5.41) is 16.0. The molecular formula is C18H24N4O2S. The fourth-order valence-corrected chi connectivity index (χ4v) is 4.33.